The van der Waals surface area contributed by atoms with E-state index < -0.39 is 18.2 Å². The van der Waals surface area contributed by atoms with Crippen LogP contribution in [0.15, 0.2) is 24.3 Å². The maximum atomic E-state index is 10.6. The minimum absolute atomic E-state index is 0.587. The second kappa shape index (κ2) is 5.32. The number of carboxylic acid groups (broad SMARTS) is 1. The molecule has 0 spiro atoms. The SMILES string of the molecule is C[C@H](O)[C@@H](NC(=O)O)c1ccccc1I. The molecule has 0 aromatic heterocycles. The molecule has 0 unspecified atom stereocenters. The van der Waals surface area contributed by atoms with Crippen LogP contribution in [-0.4, -0.2) is 22.4 Å². The van der Waals surface area contributed by atoms with Gasteiger partial charge in [0.05, 0.1) is 12.1 Å². The van der Waals surface area contributed by atoms with Gasteiger partial charge in [0.25, 0.3) is 0 Å². The monoisotopic (exact) mass is 321 g/mol. The average molecular weight is 321 g/mol. The highest BCUT2D eigenvalue weighted by atomic mass is 127. The highest BCUT2D eigenvalue weighted by Gasteiger charge is 2.20. The van der Waals surface area contributed by atoms with Gasteiger partial charge in [-0.05, 0) is 41.1 Å². The topological polar surface area (TPSA) is 69.6 Å². The van der Waals surface area contributed by atoms with Crippen LogP contribution in [0, 0.1) is 3.57 Å². The molecule has 1 rings (SSSR count). The summed E-state index contributed by atoms with van der Waals surface area (Å²) in [5.74, 6) is 0. The Balaban J connectivity index is 2.99. The lowest BCUT2D eigenvalue weighted by molar-refractivity contribution is 0.133. The lowest BCUT2D eigenvalue weighted by Gasteiger charge is -2.21. The van der Waals surface area contributed by atoms with Crippen molar-refractivity contribution in [2.75, 3.05) is 0 Å². The second-order valence-electron chi connectivity index (χ2n) is 3.19. The standard InChI is InChI=1S/C10H12INO3/c1-6(13)9(12-10(14)15)7-4-2-3-5-8(7)11/h2-6,9,12-13H,1H3,(H,14,15)/t6-,9+/m0/s1. The summed E-state index contributed by atoms with van der Waals surface area (Å²) in [5.41, 5.74) is 0.788. The van der Waals surface area contributed by atoms with Crippen molar-refractivity contribution in [3.8, 4) is 0 Å². The highest BCUT2D eigenvalue weighted by molar-refractivity contribution is 14.1. The molecule has 1 aromatic rings. The number of rotatable bonds is 3. The number of hydrogen-bond acceptors (Lipinski definition) is 2. The van der Waals surface area contributed by atoms with Crippen molar-refractivity contribution in [2.45, 2.75) is 19.1 Å². The molecular formula is C10H12INO3. The first-order valence-electron chi connectivity index (χ1n) is 4.44. The smallest absolute Gasteiger partial charge is 0.405 e. The molecule has 1 aromatic carbocycles. The van der Waals surface area contributed by atoms with E-state index in [4.69, 9.17) is 5.11 Å². The van der Waals surface area contributed by atoms with Crippen LogP contribution in [0.5, 0.6) is 0 Å². The van der Waals surface area contributed by atoms with Gasteiger partial charge in [-0.3, -0.25) is 0 Å². The molecule has 0 aliphatic carbocycles. The van der Waals surface area contributed by atoms with E-state index in [1.54, 1.807) is 13.0 Å². The molecule has 3 N–H and O–H groups in total. The molecule has 0 saturated carbocycles. The average Bonchev–Trinajstić information content (AvgIpc) is 2.15. The van der Waals surface area contributed by atoms with Gasteiger partial charge in [-0.1, -0.05) is 18.2 Å². The van der Waals surface area contributed by atoms with Gasteiger partial charge in [-0.15, -0.1) is 0 Å². The summed E-state index contributed by atoms with van der Waals surface area (Å²) >= 11 is 2.11. The molecule has 0 heterocycles. The number of carbonyl (C=O) groups is 1. The maximum Gasteiger partial charge on any atom is 0.405 e. The fourth-order valence-electron chi connectivity index (χ4n) is 1.32. The largest absolute Gasteiger partial charge is 0.465 e. The number of amides is 1. The Morgan fingerprint density at radius 2 is 2.07 bits per heavy atom. The third-order valence-corrected chi connectivity index (χ3v) is 2.98. The molecule has 1 amide bonds. The van der Waals surface area contributed by atoms with Gasteiger partial charge in [0, 0.05) is 3.57 Å². The molecule has 5 heteroatoms. The summed E-state index contributed by atoms with van der Waals surface area (Å²) in [4.78, 5) is 10.6. The zero-order valence-corrected chi connectivity index (χ0v) is 10.3. The number of hydrogen-bond donors (Lipinski definition) is 3. The molecule has 82 valence electrons. The number of benzene rings is 1. The third-order valence-electron chi connectivity index (χ3n) is 2.00. The van der Waals surface area contributed by atoms with Gasteiger partial charge in [-0.2, -0.15) is 0 Å². The minimum atomic E-state index is -1.14. The van der Waals surface area contributed by atoms with Crippen molar-refractivity contribution >= 4 is 28.7 Å². The Bertz CT molecular complexity index is 354. The summed E-state index contributed by atoms with van der Waals surface area (Å²) in [6, 6.07) is 6.77. The Hall–Kier alpha value is -0.820. The summed E-state index contributed by atoms with van der Waals surface area (Å²) in [6.45, 7) is 1.56. The van der Waals surface area contributed by atoms with E-state index in [0.717, 1.165) is 9.13 Å². The summed E-state index contributed by atoms with van der Waals surface area (Å²) in [6.07, 6.45) is -1.91. The van der Waals surface area contributed by atoms with Crippen LogP contribution in [0.4, 0.5) is 4.79 Å². The Morgan fingerprint density at radius 3 is 2.53 bits per heavy atom. The lowest BCUT2D eigenvalue weighted by atomic mass is 10.0. The van der Waals surface area contributed by atoms with Crippen LogP contribution in [0.25, 0.3) is 0 Å². The van der Waals surface area contributed by atoms with Gasteiger partial charge in [-0.25, -0.2) is 4.79 Å². The molecule has 0 fully saturated rings. The quantitative estimate of drug-likeness (QED) is 0.746. The van der Waals surface area contributed by atoms with Crippen LogP contribution < -0.4 is 5.32 Å². The summed E-state index contributed by atoms with van der Waals surface area (Å²) in [7, 11) is 0. The highest BCUT2D eigenvalue weighted by Crippen LogP contribution is 2.22. The molecular weight excluding hydrogens is 309 g/mol. The number of nitrogens with one attached hydrogen (secondary N) is 1. The zero-order chi connectivity index (χ0) is 11.4. The number of halogens is 1. The lowest BCUT2D eigenvalue weighted by Crippen LogP contribution is -2.34. The first kappa shape index (κ1) is 12.3. The van der Waals surface area contributed by atoms with Gasteiger partial charge in [0.2, 0.25) is 0 Å². The minimum Gasteiger partial charge on any atom is -0.465 e. The Labute approximate surface area is 101 Å². The van der Waals surface area contributed by atoms with Crippen molar-refractivity contribution < 1.29 is 15.0 Å². The second-order valence-corrected chi connectivity index (χ2v) is 4.35. The van der Waals surface area contributed by atoms with Gasteiger partial charge in [0.1, 0.15) is 0 Å². The van der Waals surface area contributed by atoms with E-state index in [2.05, 4.69) is 27.9 Å². The van der Waals surface area contributed by atoms with Gasteiger partial charge < -0.3 is 15.5 Å². The van der Waals surface area contributed by atoms with E-state index in [1.807, 2.05) is 18.2 Å². The molecule has 15 heavy (non-hydrogen) atoms. The van der Waals surface area contributed by atoms with Crippen LogP contribution >= 0.6 is 22.6 Å². The van der Waals surface area contributed by atoms with Crippen molar-refractivity contribution in [1.82, 2.24) is 5.32 Å². The van der Waals surface area contributed by atoms with Crippen molar-refractivity contribution in [3.05, 3.63) is 33.4 Å². The number of aliphatic hydroxyl groups is 1. The normalized spacial score (nSPS) is 14.3. The first-order chi connectivity index (χ1) is 7.02. The predicted octanol–water partition coefficient (Wildman–Crippen LogP) is 1.98. The molecule has 0 saturated heterocycles. The van der Waals surface area contributed by atoms with E-state index >= 15 is 0 Å². The van der Waals surface area contributed by atoms with Gasteiger partial charge in [0.15, 0.2) is 0 Å². The predicted molar refractivity (Wildman–Crippen MR) is 64.7 cm³/mol. The van der Waals surface area contributed by atoms with Crippen LogP contribution in [0.1, 0.15) is 18.5 Å². The van der Waals surface area contributed by atoms with E-state index in [9.17, 15) is 9.90 Å². The fourth-order valence-corrected chi connectivity index (χ4v) is 2.04. The van der Waals surface area contributed by atoms with Crippen molar-refractivity contribution in [2.24, 2.45) is 0 Å². The van der Waals surface area contributed by atoms with Crippen molar-refractivity contribution in [1.29, 1.82) is 0 Å². The molecule has 4 nitrogen and oxygen atoms in total. The van der Waals surface area contributed by atoms with Crippen molar-refractivity contribution in [3.63, 3.8) is 0 Å². The van der Waals surface area contributed by atoms with Crippen LogP contribution in [0.2, 0.25) is 0 Å². The third kappa shape index (κ3) is 3.35. The fraction of sp³-hybridized carbons (Fsp3) is 0.300. The van der Waals surface area contributed by atoms with E-state index in [1.165, 1.54) is 0 Å². The molecule has 0 radical (unpaired) electrons. The molecule has 2 atom stereocenters. The summed E-state index contributed by atoms with van der Waals surface area (Å²) in [5, 5.41) is 20.5. The molecule has 0 aliphatic rings. The first-order valence-corrected chi connectivity index (χ1v) is 5.52. The molecule has 0 bridgehead atoms. The van der Waals surface area contributed by atoms with Crippen LogP contribution in [0.3, 0.4) is 0 Å². The van der Waals surface area contributed by atoms with E-state index in [0.29, 0.717) is 0 Å². The Kier molecular flexibility index (Phi) is 4.34. The summed E-state index contributed by atoms with van der Waals surface area (Å²) < 4.78 is 0.926. The Morgan fingerprint density at radius 1 is 1.47 bits per heavy atom. The van der Waals surface area contributed by atoms with Crippen LogP contribution in [-0.2, 0) is 0 Å². The maximum absolute atomic E-state index is 10.6. The number of aliphatic hydroxyl groups excluding tert-OH is 1. The van der Waals surface area contributed by atoms with Gasteiger partial charge >= 0.3 is 6.09 Å². The molecule has 0 aliphatic heterocycles. The zero-order valence-electron chi connectivity index (χ0n) is 8.14. The van der Waals surface area contributed by atoms with E-state index in [-0.39, 0.29) is 0 Å².